The normalized spacial score (nSPS) is 23.1. The van der Waals surface area contributed by atoms with Gasteiger partial charge in [0.1, 0.15) is 0 Å². The van der Waals surface area contributed by atoms with Crippen molar-refractivity contribution in [2.45, 2.75) is 18.3 Å². The molecule has 1 aromatic heterocycles. The third-order valence-electron chi connectivity index (χ3n) is 13.2. The van der Waals surface area contributed by atoms with Gasteiger partial charge < -0.3 is 0 Å². The molecule has 0 amide bonds. The molecule has 0 aliphatic heterocycles. The van der Waals surface area contributed by atoms with Crippen molar-refractivity contribution in [3.8, 4) is 67.5 Å². The summed E-state index contributed by atoms with van der Waals surface area (Å²) < 4.78 is 0. The molecule has 5 atom stereocenters. The summed E-state index contributed by atoms with van der Waals surface area (Å²) in [5, 5.41) is 0. The number of hydrogen-bond acceptors (Lipinski definition) is 3. The van der Waals surface area contributed by atoms with Gasteiger partial charge in [-0.15, -0.1) is 0 Å². The smallest absolute Gasteiger partial charge is 0.164 e. The minimum absolute atomic E-state index is 0.226. The van der Waals surface area contributed by atoms with Gasteiger partial charge in [0.2, 0.25) is 0 Å². The van der Waals surface area contributed by atoms with Gasteiger partial charge in [0.05, 0.1) is 0 Å². The molecule has 3 saturated carbocycles. The summed E-state index contributed by atoms with van der Waals surface area (Å²) >= 11 is 0. The fourth-order valence-corrected chi connectivity index (χ4v) is 10.8. The van der Waals surface area contributed by atoms with Crippen molar-refractivity contribution in [3.05, 3.63) is 210 Å². The molecule has 4 bridgehead atoms. The number of hydrogen-bond donors (Lipinski definition) is 0. The molecule has 6 aliphatic carbocycles. The maximum Gasteiger partial charge on any atom is 0.164 e. The Hall–Kier alpha value is -6.71. The Morgan fingerprint density at radius 2 is 0.911 bits per heavy atom. The zero-order valence-electron chi connectivity index (χ0n) is 30.8. The molecule has 1 spiro atoms. The van der Waals surface area contributed by atoms with E-state index in [1.165, 1.54) is 34.2 Å². The van der Waals surface area contributed by atoms with E-state index < -0.39 is 0 Å². The predicted octanol–water partition coefficient (Wildman–Crippen LogP) is 12.7. The summed E-state index contributed by atoms with van der Waals surface area (Å²) in [6.45, 7) is 0. The summed E-state index contributed by atoms with van der Waals surface area (Å²) in [6.07, 6.45) is 15.6. The van der Waals surface area contributed by atoms with Crippen molar-refractivity contribution in [1.82, 2.24) is 15.0 Å². The molecular formula is C53H37N3. The average molecular weight is 716 g/mol. The lowest BCUT2D eigenvalue weighted by molar-refractivity contribution is 0.101. The monoisotopic (exact) mass is 715 g/mol. The number of benzene rings is 6. The second-order valence-electron chi connectivity index (χ2n) is 15.9. The Kier molecular flexibility index (Phi) is 6.86. The first kappa shape index (κ1) is 31.6. The molecule has 3 nitrogen and oxygen atoms in total. The van der Waals surface area contributed by atoms with E-state index in [-0.39, 0.29) is 5.41 Å². The number of nitrogens with zero attached hydrogens (tertiary/aromatic N) is 3. The van der Waals surface area contributed by atoms with Crippen molar-refractivity contribution in [2.24, 2.45) is 17.3 Å². The number of allylic oxidation sites excluding steroid dienone is 8. The summed E-state index contributed by atoms with van der Waals surface area (Å²) in [6, 6.07) is 54.1. The van der Waals surface area contributed by atoms with Gasteiger partial charge in [0, 0.05) is 39.9 Å². The SMILES string of the molecule is C1=CCC2C(=C1)C1C3=CC=CC34C2c2ccc(-c3ccc(-c5ccc(-c6ccc(-c7nc(-c8ccccc8)nc(-c8ccccc8)n7)cc6)cc5)cc3)cc2[C@H]14. The van der Waals surface area contributed by atoms with Crippen molar-refractivity contribution in [1.29, 1.82) is 0 Å². The van der Waals surface area contributed by atoms with Crippen LogP contribution in [0, 0.1) is 17.3 Å². The van der Waals surface area contributed by atoms with Crippen LogP contribution in [0.15, 0.2) is 199 Å². The van der Waals surface area contributed by atoms with Crippen LogP contribution >= 0.6 is 0 Å². The van der Waals surface area contributed by atoms with Crippen LogP contribution in [0.4, 0.5) is 0 Å². The molecule has 0 N–H and O–H groups in total. The third-order valence-corrected chi connectivity index (χ3v) is 13.2. The van der Waals surface area contributed by atoms with Crippen LogP contribution in [0.5, 0.6) is 0 Å². The third kappa shape index (κ3) is 4.61. The van der Waals surface area contributed by atoms with Crippen molar-refractivity contribution >= 4 is 0 Å². The van der Waals surface area contributed by atoms with Crippen molar-refractivity contribution < 1.29 is 0 Å². The summed E-state index contributed by atoms with van der Waals surface area (Å²) in [4.78, 5) is 14.6. The highest BCUT2D eigenvalue weighted by Crippen LogP contribution is 2.82. The molecule has 3 fully saturated rings. The first-order valence-corrected chi connectivity index (χ1v) is 19.8. The molecule has 0 saturated heterocycles. The van der Waals surface area contributed by atoms with Crippen LogP contribution in [0.2, 0.25) is 0 Å². The molecule has 3 heteroatoms. The van der Waals surface area contributed by atoms with Crippen LogP contribution in [0.3, 0.4) is 0 Å². The van der Waals surface area contributed by atoms with E-state index >= 15 is 0 Å². The summed E-state index contributed by atoms with van der Waals surface area (Å²) in [7, 11) is 0. The molecule has 6 aromatic carbocycles. The maximum absolute atomic E-state index is 4.90. The number of fused-ring (bicyclic) bond motifs is 1. The number of rotatable bonds is 6. The number of aromatic nitrogens is 3. The molecule has 7 aromatic rings. The Morgan fingerprint density at radius 3 is 1.46 bits per heavy atom. The van der Waals surface area contributed by atoms with Crippen LogP contribution in [-0.4, -0.2) is 15.0 Å². The second-order valence-corrected chi connectivity index (χ2v) is 15.9. The fourth-order valence-electron chi connectivity index (χ4n) is 10.8. The van der Waals surface area contributed by atoms with Crippen molar-refractivity contribution in [2.75, 3.05) is 0 Å². The van der Waals surface area contributed by atoms with E-state index in [2.05, 4.69) is 127 Å². The van der Waals surface area contributed by atoms with Gasteiger partial charge in [-0.3, -0.25) is 0 Å². The van der Waals surface area contributed by atoms with E-state index in [0.717, 1.165) is 22.3 Å². The minimum Gasteiger partial charge on any atom is -0.208 e. The van der Waals surface area contributed by atoms with Crippen LogP contribution in [0.1, 0.15) is 29.4 Å². The lowest BCUT2D eigenvalue weighted by Crippen LogP contribution is -2.54. The lowest BCUT2D eigenvalue weighted by atomic mass is 9.39. The molecule has 56 heavy (non-hydrogen) atoms. The Labute approximate surface area is 327 Å². The predicted molar refractivity (Wildman–Crippen MR) is 226 cm³/mol. The topological polar surface area (TPSA) is 38.7 Å². The fraction of sp³-hybridized carbons (Fsp3) is 0.113. The quantitative estimate of drug-likeness (QED) is 0.172. The summed E-state index contributed by atoms with van der Waals surface area (Å²) in [5.74, 6) is 4.36. The van der Waals surface area contributed by atoms with Crippen molar-refractivity contribution in [3.63, 3.8) is 0 Å². The zero-order chi connectivity index (χ0) is 36.8. The Bertz CT molecular complexity index is 2750. The van der Waals surface area contributed by atoms with E-state index in [9.17, 15) is 0 Å². The highest BCUT2D eigenvalue weighted by molar-refractivity contribution is 5.77. The highest BCUT2D eigenvalue weighted by atomic mass is 15.0. The van der Waals surface area contributed by atoms with Gasteiger partial charge in [-0.05, 0) is 56.8 Å². The molecule has 264 valence electrons. The van der Waals surface area contributed by atoms with E-state index in [1.807, 2.05) is 60.7 Å². The van der Waals surface area contributed by atoms with Gasteiger partial charge in [-0.2, -0.15) is 0 Å². The average Bonchev–Trinajstić information content (AvgIpc) is 3.72. The van der Waals surface area contributed by atoms with Gasteiger partial charge in [0.15, 0.2) is 17.5 Å². The Balaban J connectivity index is 0.794. The molecule has 1 heterocycles. The van der Waals surface area contributed by atoms with Gasteiger partial charge in [-0.25, -0.2) is 15.0 Å². The molecular weight excluding hydrogens is 679 g/mol. The van der Waals surface area contributed by atoms with E-state index in [0.29, 0.717) is 41.1 Å². The molecule has 6 aliphatic rings. The van der Waals surface area contributed by atoms with E-state index in [1.54, 1.807) is 22.3 Å². The molecule has 13 rings (SSSR count). The zero-order valence-corrected chi connectivity index (χ0v) is 30.8. The van der Waals surface area contributed by atoms with Crippen LogP contribution in [-0.2, 0) is 0 Å². The summed E-state index contributed by atoms with van der Waals surface area (Å²) in [5.41, 5.74) is 17.0. The standard InChI is InChI=1S/C53H37N3/c1-3-10-38(11-4-1)50-54-51(39-12-5-2-6-13-39)56-52(55-50)40-27-25-36(26-28-40)34-19-17-33(18-20-34)35-21-23-37(24-22-35)41-29-30-44-45(32-41)49-47-42-14-7-8-15-43(42)48(44)53(49)31-9-16-46(47)53/h1-14,16-32,43,47-49H,15H2/t43?,47?,48?,49-,53?/m1/s1. The minimum atomic E-state index is 0.226. The first-order chi connectivity index (χ1) is 27.7. The van der Waals surface area contributed by atoms with Gasteiger partial charge in [0.25, 0.3) is 0 Å². The second kappa shape index (κ2) is 12.1. The van der Waals surface area contributed by atoms with Gasteiger partial charge >= 0.3 is 0 Å². The van der Waals surface area contributed by atoms with E-state index in [4.69, 9.17) is 15.0 Å². The largest absolute Gasteiger partial charge is 0.208 e. The molecule has 4 unspecified atom stereocenters. The first-order valence-electron chi connectivity index (χ1n) is 19.8. The van der Waals surface area contributed by atoms with Crippen LogP contribution in [0.25, 0.3) is 67.5 Å². The molecule has 0 radical (unpaired) electrons. The Morgan fingerprint density at radius 1 is 0.429 bits per heavy atom. The van der Waals surface area contributed by atoms with Crippen LogP contribution < -0.4 is 0 Å². The lowest BCUT2D eigenvalue weighted by Gasteiger charge is -2.63. The highest BCUT2D eigenvalue weighted by Gasteiger charge is 2.72. The van der Waals surface area contributed by atoms with Gasteiger partial charge in [-0.1, -0.05) is 199 Å². The maximum atomic E-state index is 4.90.